The Morgan fingerprint density at radius 2 is 2.23 bits per heavy atom. The maximum absolute atomic E-state index is 14.3. The number of amides is 1. The molecule has 164 valence electrons. The molecule has 11 heteroatoms. The van der Waals surface area contributed by atoms with E-state index < -0.39 is 17.9 Å². The van der Waals surface area contributed by atoms with Gasteiger partial charge in [-0.2, -0.15) is 0 Å². The Bertz CT molecular complexity index is 993. The SMILES string of the molecule is O=C1NOCC1NC(=S)c1ccc(N2CCC(c3cc(Cl)cc(Br)c3)(C(F)F)C2)nc1. The van der Waals surface area contributed by atoms with E-state index in [1.807, 2.05) is 4.90 Å². The van der Waals surface area contributed by atoms with Gasteiger partial charge in [0.15, 0.2) is 0 Å². The lowest BCUT2D eigenvalue weighted by Crippen LogP contribution is -2.41. The van der Waals surface area contributed by atoms with Crippen molar-refractivity contribution in [3.63, 3.8) is 0 Å². The van der Waals surface area contributed by atoms with Crippen molar-refractivity contribution in [3.05, 3.63) is 57.2 Å². The number of alkyl halides is 2. The van der Waals surface area contributed by atoms with E-state index in [-0.39, 0.29) is 25.5 Å². The lowest BCUT2D eigenvalue weighted by atomic mass is 9.80. The standard InChI is InChI=1S/C20H18BrClF2N4O2S/c21-13-5-12(6-14(22)7-13)20(19(23)24)3-4-28(10-20)16-2-1-11(8-25-16)18(31)26-15-9-30-27-17(15)29/h1-2,5-8,15,19H,3-4,9-10H2,(H,26,31)(H,27,29). The molecule has 0 aliphatic carbocycles. The van der Waals surface area contributed by atoms with Gasteiger partial charge in [0.1, 0.15) is 23.5 Å². The number of anilines is 1. The molecule has 2 aromatic rings. The fourth-order valence-electron chi connectivity index (χ4n) is 3.81. The summed E-state index contributed by atoms with van der Waals surface area (Å²) < 4.78 is 29.2. The minimum atomic E-state index is -2.56. The Morgan fingerprint density at radius 1 is 1.42 bits per heavy atom. The minimum absolute atomic E-state index is 0.117. The van der Waals surface area contributed by atoms with E-state index in [1.165, 1.54) is 0 Å². The molecular formula is C20H18BrClF2N4O2S. The molecule has 6 nitrogen and oxygen atoms in total. The summed E-state index contributed by atoms with van der Waals surface area (Å²) in [5, 5.41) is 3.33. The van der Waals surface area contributed by atoms with Gasteiger partial charge in [-0.25, -0.2) is 19.2 Å². The number of halogens is 4. The van der Waals surface area contributed by atoms with Gasteiger partial charge in [0.05, 0.1) is 5.41 Å². The highest BCUT2D eigenvalue weighted by molar-refractivity contribution is 9.10. The van der Waals surface area contributed by atoms with Crippen molar-refractivity contribution < 1.29 is 18.4 Å². The third-order valence-corrected chi connectivity index (χ3v) is 6.56. The van der Waals surface area contributed by atoms with Crippen LogP contribution in [0.2, 0.25) is 5.02 Å². The minimum Gasteiger partial charge on any atom is -0.362 e. The molecule has 0 saturated carbocycles. The van der Waals surface area contributed by atoms with Gasteiger partial charge in [0.2, 0.25) is 6.43 Å². The maximum atomic E-state index is 14.3. The normalized spacial score (nSPS) is 23.3. The lowest BCUT2D eigenvalue weighted by molar-refractivity contribution is -0.124. The van der Waals surface area contributed by atoms with Crippen LogP contribution in [-0.4, -0.2) is 48.0 Å². The predicted molar refractivity (Wildman–Crippen MR) is 121 cm³/mol. The zero-order chi connectivity index (χ0) is 22.2. The molecule has 2 atom stereocenters. The molecule has 3 heterocycles. The van der Waals surface area contributed by atoms with Crippen LogP contribution in [0.25, 0.3) is 0 Å². The van der Waals surface area contributed by atoms with Crippen LogP contribution >= 0.6 is 39.7 Å². The fraction of sp³-hybridized carbons (Fsp3) is 0.350. The summed E-state index contributed by atoms with van der Waals surface area (Å²) in [5.41, 5.74) is 2.05. The number of hydrogen-bond acceptors (Lipinski definition) is 5. The first-order valence-electron chi connectivity index (χ1n) is 9.47. The lowest BCUT2D eigenvalue weighted by Gasteiger charge is -2.29. The smallest absolute Gasteiger partial charge is 0.268 e. The highest BCUT2D eigenvalue weighted by Gasteiger charge is 2.48. The molecule has 0 radical (unpaired) electrons. The molecule has 2 fully saturated rings. The molecule has 1 amide bonds. The second kappa shape index (κ2) is 8.93. The Labute approximate surface area is 196 Å². The monoisotopic (exact) mass is 530 g/mol. The van der Waals surface area contributed by atoms with E-state index in [0.717, 1.165) is 0 Å². The Hall–Kier alpha value is -1.88. The number of hydrogen-bond donors (Lipinski definition) is 2. The van der Waals surface area contributed by atoms with Gasteiger partial charge in [0, 0.05) is 34.3 Å². The summed E-state index contributed by atoms with van der Waals surface area (Å²) in [6.45, 7) is 0.725. The Morgan fingerprint density at radius 3 is 2.84 bits per heavy atom. The molecule has 2 unspecified atom stereocenters. The number of hydroxylamine groups is 1. The molecule has 31 heavy (non-hydrogen) atoms. The van der Waals surface area contributed by atoms with E-state index in [4.69, 9.17) is 28.7 Å². The number of rotatable bonds is 5. The number of nitrogens with one attached hydrogen (secondary N) is 2. The highest BCUT2D eigenvalue weighted by atomic mass is 79.9. The third kappa shape index (κ3) is 4.52. The molecule has 2 aliphatic heterocycles. The van der Waals surface area contributed by atoms with Crippen molar-refractivity contribution in [2.45, 2.75) is 24.3 Å². The summed E-state index contributed by atoms with van der Waals surface area (Å²) in [4.78, 5) is 23.1. The number of nitrogens with zero attached hydrogens (tertiary/aromatic N) is 2. The van der Waals surface area contributed by atoms with Crippen LogP contribution in [0.4, 0.5) is 14.6 Å². The number of pyridine rings is 1. The predicted octanol–water partition coefficient (Wildman–Crippen LogP) is 3.61. The zero-order valence-electron chi connectivity index (χ0n) is 16.1. The van der Waals surface area contributed by atoms with Crippen LogP contribution in [-0.2, 0) is 15.0 Å². The summed E-state index contributed by atoms with van der Waals surface area (Å²) in [7, 11) is 0. The van der Waals surface area contributed by atoms with Crippen LogP contribution < -0.4 is 15.7 Å². The number of carbonyl (C=O) groups is 1. The van der Waals surface area contributed by atoms with Crippen LogP contribution in [0, 0.1) is 0 Å². The Kier molecular flexibility index (Phi) is 6.43. The van der Waals surface area contributed by atoms with E-state index in [0.29, 0.717) is 38.0 Å². The number of thiocarbonyl (C=S) groups is 1. The van der Waals surface area contributed by atoms with Crippen LogP contribution in [0.15, 0.2) is 41.0 Å². The molecule has 1 aromatic heterocycles. The number of carbonyl (C=O) groups excluding carboxylic acids is 1. The molecule has 2 saturated heterocycles. The van der Waals surface area contributed by atoms with Gasteiger partial charge in [-0.1, -0.05) is 39.7 Å². The second-order valence-electron chi connectivity index (χ2n) is 7.49. The van der Waals surface area contributed by atoms with E-state index in [2.05, 4.69) is 31.7 Å². The van der Waals surface area contributed by atoms with Crippen molar-refractivity contribution in [2.24, 2.45) is 0 Å². The van der Waals surface area contributed by atoms with Gasteiger partial charge in [0.25, 0.3) is 5.91 Å². The molecule has 1 aromatic carbocycles. The third-order valence-electron chi connectivity index (χ3n) is 5.53. The number of benzene rings is 1. The number of aromatic nitrogens is 1. The van der Waals surface area contributed by atoms with Crippen molar-refractivity contribution in [2.75, 3.05) is 24.6 Å². The van der Waals surface area contributed by atoms with E-state index >= 15 is 0 Å². The average molecular weight is 532 g/mol. The molecule has 4 rings (SSSR count). The molecule has 2 N–H and O–H groups in total. The Balaban J connectivity index is 1.50. The van der Waals surface area contributed by atoms with Gasteiger partial charge in [-0.05, 0) is 42.3 Å². The summed E-state index contributed by atoms with van der Waals surface area (Å²) >= 11 is 14.8. The van der Waals surface area contributed by atoms with Crippen LogP contribution in [0.1, 0.15) is 17.5 Å². The van der Waals surface area contributed by atoms with Crippen LogP contribution in [0.5, 0.6) is 0 Å². The highest BCUT2D eigenvalue weighted by Crippen LogP contribution is 2.42. The molecular weight excluding hydrogens is 514 g/mol. The summed E-state index contributed by atoms with van der Waals surface area (Å²) in [5.74, 6) is 0.289. The van der Waals surface area contributed by atoms with Gasteiger partial charge in [-0.15, -0.1) is 0 Å². The first kappa shape index (κ1) is 22.3. The van der Waals surface area contributed by atoms with Crippen molar-refractivity contribution in [3.8, 4) is 0 Å². The largest absolute Gasteiger partial charge is 0.362 e. The average Bonchev–Trinajstić information content (AvgIpc) is 3.35. The fourth-order valence-corrected chi connectivity index (χ4v) is 4.93. The maximum Gasteiger partial charge on any atom is 0.268 e. The van der Waals surface area contributed by atoms with E-state index in [9.17, 15) is 13.6 Å². The molecule has 0 bridgehead atoms. The topological polar surface area (TPSA) is 66.5 Å². The first-order chi connectivity index (χ1) is 14.8. The second-order valence-corrected chi connectivity index (χ2v) is 9.26. The van der Waals surface area contributed by atoms with Gasteiger partial charge >= 0.3 is 0 Å². The van der Waals surface area contributed by atoms with Crippen molar-refractivity contribution in [1.82, 2.24) is 15.8 Å². The zero-order valence-corrected chi connectivity index (χ0v) is 19.2. The summed E-state index contributed by atoms with van der Waals surface area (Å²) in [6.07, 6.45) is -0.715. The summed E-state index contributed by atoms with van der Waals surface area (Å²) in [6, 6.07) is 7.91. The van der Waals surface area contributed by atoms with E-state index in [1.54, 1.807) is 36.5 Å². The van der Waals surface area contributed by atoms with Gasteiger partial charge < -0.3 is 10.2 Å². The quantitative estimate of drug-likeness (QED) is 0.575. The van der Waals surface area contributed by atoms with Crippen molar-refractivity contribution >= 4 is 56.5 Å². The van der Waals surface area contributed by atoms with Crippen LogP contribution in [0.3, 0.4) is 0 Å². The van der Waals surface area contributed by atoms with Crippen molar-refractivity contribution in [1.29, 1.82) is 0 Å². The van der Waals surface area contributed by atoms with Gasteiger partial charge in [-0.3, -0.25) is 9.63 Å². The molecule has 2 aliphatic rings. The molecule has 0 spiro atoms. The first-order valence-corrected chi connectivity index (χ1v) is 11.0.